The molecule has 18 nitrogen and oxygen atoms in total. The van der Waals surface area contributed by atoms with Gasteiger partial charge in [-0.1, -0.05) is 55.9 Å². The lowest BCUT2D eigenvalue weighted by atomic mass is 10.0. The normalized spacial score (nSPS) is 13.6. The van der Waals surface area contributed by atoms with Crippen LogP contribution >= 0.6 is 0 Å². The van der Waals surface area contributed by atoms with Crippen LogP contribution in [0.25, 0.3) is 10.8 Å². The summed E-state index contributed by atoms with van der Waals surface area (Å²) in [5.74, 6) is -1.71. The number of anilines is 1. The molecule has 0 radical (unpaired) electrons. The molecule has 0 saturated carbocycles. The summed E-state index contributed by atoms with van der Waals surface area (Å²) >= 11 is 0. The van der Waals surface area contributed by atoms with E-state index in [9.17, 15) is 45.1 Å². The standard InChI is InChI=1S/C48H76N8O10S2/c1-6-30-52-46(58)40(21-12-15-27-49)54-48(60)42(23-14-17-29-51)55-47(59)41(22-13-16-28-50)53-45(57)24-11-8-18-31-56(35(4)20-10-7-9-19-34(2)3)43-26-25-38-39(36(43)5)32-37(67(61,62)63)33-44(38)68(64,65)66/h7,9-10,19-20,25-26,32-33,40-42H,2,6,8,11-18,21-24,27-31,49-51H2,1,3-5H3,(H,52,58)(H,53,57)(H,54,60)(H,55,59)(H,61,62,63)(H,64,65,66)/b10-7+,19-9+,35-20+. The topological polar surface area (TPSA) is 306 Å². The molecule has 0 aliphatic carbocycles. The van der Waals surface area contributed by atoms with E-state index >= 15 is 0 Å². The van der Waals surface area contributed by atoms with Gasteiger partial charge in [0, 0.05) is 36.3 Å². The van der Waals surface area contributed by atoms with Crippen molar-refractivity contribution in [3.05, 3.63) is 78.1 Å². The van der Waals surface area contributed by atoms with Crippen molar-refractivity contribution in [2.24, 2.45) is 17.2 Å². The lowest BCUT2D eigenvalue weighted by Gasteiger charge is -2.28. The summed E-state index contributed by atoms with van der Waals surface area (Å²) in [4.78, 5) is 54.6. The minimum atomic E-state index is -4.89. The quantitative estimate of drug-likeness (QED) is 0.0259. The Labute approximate surface area is 403 Å². The highest BCUT2D eigenvalue weighted by atomic mass is 32.2. The summed E-state index contributed by atoms with van der Waals surface area (Å²) in [5, 5.41) is 11.6. The third kappa shape index (κ3) is 20.7. The highest BCUT2D eigenvalue weighted by Gasteiger charge is 2.30. The van der Waals surface area contributed by atoms with Gasteiger partial charge in [-0.2, -0.15) is 16.8 Å². The van der Waals surface area contributed by atoms with Crippen molar-refractivity contribution in [2.75, 3.05) is 37.6 Å². The van der Waals surface area contributed by atoms with Gasteiger partial charge < -0.3 is 43.4 Å². The van der Waals surface area contributed by atoms with Crippen molar-refractivity contribution in [3.8, 4) is 0 Å². The van der Waals surface area contributed by atoms with E-state index in [0.717, 1.165) is 23.8 Å². The van der Waals surface area contributed by atoms with Crippen LogP contribution < -0.4 is 43.4 Å². The van der Waals surface area contributed by atoms with Gasteiger partial charge in [0.05, 0.1) is 4.90 Å². The predicted octanol–water partition coefficient (Wildman–Crippen LogP) is 4.97. The van der Waals surface area contributed by atoms with Gasteiger partial charge in [-0.3, -0.25) is 28.3 Å². The second kappa shape index (κ2) is 30.5. The smallest absolute Gasteiger partial charge is 0.295 e. The van der Waals surface area contributed by atoms with E-state index in [0.29, 0.717) is 114 Å². The molecular weight excluding hydrogens is 913 g/mol. The molecule has 4 amide bonds. The number of aryl methyl sites for hydroxylation is 1. The molecule has 3 atom stereocenters. The Morgan fingerprint density at radius 3 is 1.78 bits per heavy atom. The van der Waals surface area contributed by atoms with E-state index in [1.54, 1.807) is 13.0 Å². The highest BCUT2D eigenvalue weighted by molar-refractivity contribution is 7.86. The van der Waals surface area contributed by atoms with Crippen LogP contribution in [0.15, 0.2) is 82.3 Å². The lowest BCUT2D eigenvalue weighted by Crippen LogP contribution is -2.56. The average molecular weight is 989 g/mol. The van der Waals surface area contributed by atoms with E-state index in [-0.39, 0.29) is 41.8 Å². The Morgan fingerprint density at radius 2 is 1.26 bits per heavy atom. The molecule has 0 fully saturated rings. The molecule has 12 N–H and O–H groups in total. The summed E-state index contributed by atoms with van der Waals surface area (Å²) in [7, 11) is -9.75. The zero-order valence-electron chi connectivity index (χ0n) is 40.2. The van der Waals surface area contributed by atoms with Crippen LogP contribution in [-0.4, -0.2) is 100 Å². The molecule has 20 heteroatoms. The number of nitrogens with two attached hydrogens (primary N) is 3. The van der Waals surface area contributed by atoms with E-state index in [1.165, 1.54) is 6.07 Å². The first-order valence-electron chi connectivity index (χ1n) is 23.4. The number of rotatable bonds is 33. The van der Waals surface area contributed by atoms with Crippen LogP contribution in [0.1, 0.15) is 116 Å². The van der Waals surface area contributed by atoms with Crippen molar-refractivity contribution in [1.29, 1.82) is 0 Å². The maximum atomic E-state index is 13.9. The molecule has 68 heavy (non-hydrogen) atoms. The van der Waals surface area contributed by atoms with Gasteiger partial charge in [0.15, 0.2) is 0 Å². The number of nitrogens with zero attached hydrogens (tertiary/aromatic N) is 1. The van der Waals surface area contributed by atoms with Gasteiger partial charge >= 0.3 is 0 Å². The number of allylic oxidation sites excluding steroid dienone is 7. The molecular formula is C48H76N8O10S2. The van der Waals surface area contributed by atoms with Crippen LogP contribution in [0.5, 0.6) is 0 Å². The first kappa shape index (κ1) is 59.2. The molecule has 0 saturated heterocycles. The predicted molar refractivity (Wildman–Crippen MR) is 269 cm³/mol. The number of hydrogen-bond donors (Lipinski definition) is 9. The fourth-order valence-corrected chi connectivity index (χ4v) is 8.76. The summed E-state index contributed by atoms with van der Waals surface area (Å²) in [6.07, 6.45) is 16.2. The fourth-order valence-electron chi connectivity index (χ4n) is 7.42. The summed E-state index contributed by atoms with van der Waals surface area (Å²) < 4.78 is 68.9. The van der Waals surface area contributed by atoms with Gasteiger partial charge in [-0.15, -0.1) is 0 Å². The maximum absolute atomic E-state index is 13.9. The van der Waals surface area contributed by atoms with E-state index in [4.69, 9.17) is 17.2 Å². The molecule has 0 bridgehead atoms. The van der Waals surface area contributed by atoms with E-state index in [2.05, 4.69) is 27.8 Å². The SMILES string of the molecule is C=C(C)/C=C/C=C/C=C(\C)N(CCCCCC(=O)NC(CCCCN)C(=O)NC(CCCCN)C(=O)NC(CCCCN)C(=O)NCCC)c1ccc2c(S(=O)(=O)O)cc(S(=O)(=O)O)cc2c1C. The maximum Gasteiger partial charge on any atom is 0.295 e. The number of benzene rings is 2. The first-order chi connectivity index (χ1) is 32.2. The zero-order valence-corrected chi connectivity index (χ0v) is 41.9. The Bertz CT molecular complexity index is 2320. The Morgan fingerprint density at radius 1 is 0.706 bits per heavy atom. The summed E-state index contributed by atoms with van der Waals surface area (Å²) in [5.41, 5.74) is 19.9. The van der Waals surface area contributed by atoms with Gasteiger partial charge in [-0.25, -0.2) is 0 Å². The summed E-state index contributed by atoms with van der Waals surface area (Å²) in [6.45, 7) is 13.3. The molecule has 2 aromatic rings. The molecule has 0 spiro atoms. The monoisotopic (exact) mass is 989 g/mol. The van der Waals surface area contributed by atoms with Crippen molar-refractivity contribution < 1.29 is 45.1 Å². The van der Waals surface area contributed by atoms with Gasteiger partial charge in [0.2, 0.25) is 23.6 Å². The molecule has 0 aromatic heterocycles. The highest BCUT2D eigenvalue weighted by Crippen LogP contribution is 2.35. The molecule has 380 valence electrons. The number of nitrogens with one attached hydrogen (secondary N) is 4. The molecule has 0 heterocycles. The van der Waals surface area contributed by atoms with Crippen LogP contribution in [0.4, 0.5) is 5.69 Å². The van der Waals surface area contributed by atoms with Crippen molar-refractivity contribution in [3.63, 3.8) is 0 Å². The number of fused-ring (bicyclic) bond motifs is 1. The largest absolute Gasteiger partial charge is 0.354 e. The van der Waals surface area contributed by atoms with Crippen LogP contribution in [0, 0.1) is 6.92 Å². The molecule has 3 unspecified atom stereocenters. The second-order valence-electron chi connectivity index (χ2n) is 16.9. The van der Waals surface area contributed by atoms with Gasteiger partial charge in [-0.05, 0) is 153 Å². The second-order valence-corrected chi connectivity index (χ2v) is 19.7. The molecule has 0 aliphatic rings. The van der Waals surface area contributed by atoms with E-state index in [1.807, 2.05) is 56.1 Å². The fraction of sp³-hybridized carbons (Fsp3) is 0.542. The van der Waals surface area contributed by atoms with Gasteiger partial charge in [0.1, 0.15) is 23.0 Å². The third-order valence-electron chi connectivity index (χ3n) is 11.1. The van der Waals surface area contributed by atoms with Crippen LogP contribution in [-0.2, 0) is 39.4 Å². The molecule has 0 aliphatic heterocycles. The average Bonchev–Trinajstić information content (AvgIpc) is 3.27. The Balaban J connectivity index is 2.32. The van der Waals surface area contributed by atoms with Crippen LogP contribution in [0.3, 0.4) is 0 Å². The van der Waals surface area contributed by atoms with Crippen molar-refractivity contribution in [1.82, 2.24) is 21.3 Å². The summed E-state index contributed by atoms with van der Waals surface area (Å²) in [6, 6.07) is 2.26. The Hall–Kier alpha value is -4.96. The number of hydrogen-bond acceptors (Lipinski definition) is 12. The van der Waals surface area contributed by atoms with E-state index < -0.39 is 60.0 Å². The lowest BCUT2D eigenvalue weighted by molar-refractivity contribution is -0.134. The first-order valence-corrected chi connectivity index (χ1v) is 26.3. The molecule has 2 aromatic carbocycles. The number of amides is 4. The minimum Gasteiger partial charge on any atom is -0.354 e. The van der Waals surface area contributed by atoms with Crippen molar-refractivity contribution in [2.45, 2.75) is 146 Å². The number of carbonyl (C=O) groups is 4. The third-order valence-corrected chi connectivity index (χ3v) is 12.9. The number of unbranched alkanes of at least 4 members (excludes halogenated alkanes) is 5. The van der Waals surface area contributed by atoms with Crippen molar-refractivity contribution >= 4 is 60.3 Å². The Kier molecular flexibility index (Phi) is 26.5. The van der Waals surface area contributed by atoms with Crippen LogP contribution in [0.2, 0.25) is 0 Å². The number of carbonyl (C=O) groups excluding carboxylic acids is 4. The van der Waals surface area contributed by atoms with Gasteiger partial charge in [0.25, 0.3) is 20.2 Å². The minimum absolute atomic E-state index is 0.0634. The molecule has 2 rings (SSSR count). The zero-order chi connectivity index (χ0) is 50.9.